The van der Waals surface area contributed by atoms with Gasteiger partial charge in [-0.15, -0.1) is 0 Å². The second kappa shape index (κ2) is 5.79. The van der Waals surface area contributed by atoms with Gasteiger partial charge in [-0.05, 0) is 30.3 Å². The van der Waals surface area contributed by atoms with Gasteiger partial charge in [0.25, 0.3) is 0 Å². The van der Waals surface area contributed by atoms with Crippen LogP contribution in [0.25, 0.3) is 10.9 Å². The lowest BCUT2D eigenvalue weighted by molar-refractivity contribution is 1.36. The Morgan fingerprint density at radius 1 is 1.10 bits per heavy atom. The summed E-state index contributed by atoms with van der Waals surface area (Å²) in [7, 11) is 0. The molecule has 3 rings (SSSR count). The normalized spacial score (nSPS) is 10.5. The Hall–Kier alpha value is -1.98. The summed E-state index contributed by atoms with van der Waals surface area (Å²) in [6, 6.07) is 17.6. The fourth-order valence-electron chi connectivity index (χ4n) is 2.16. The number of hydrogen-bond donors (Lipinski definition) is 2. The maximum absolute atomic E-state index is 5.83. The average Bonchev–Trinajstić information content (AvgIpc) is 2.46. The van der Waals surface area contributed by atoms with Gasteiger partial charge in [-0.1, -0.05) is 52.4 Å². The Bertz CT molecular complexity index is 833. The molecule has 0 aliphatic carbocycles. The molecular weight excluding hydrogens is 346 g/mol. The highest BCUT2D eigenvalue weighted by Crippen LogP contribution is 2.24. The molecule has 1 aromatic heterocycles. The highest BCUT2D eigenvalue weighted by atomic mass is 79.9. The van der Waals surface area contributed by atoms with E-state index in [0.717, 1.165) is 32.4 Å². The predicted octanol–water partition coefficient (Wildman–Crippen LogP) is 4.38. The molecule has 5 heteroatoms. The number of nitrogens with one attached hydrogen (secondary N) is 1. The molecule has 0 unspecified atom stereocenters. The summed E-state index contributed by atoms with van der Waals surface area (Å²) in [5.41, 5.74) is 8.47. The van der Waals surface area contributed by atoms with Crippen LogP contribution in [-0.4, -0.2) is 9.97 Å². The van der Waals surface area contributed by atoms with E-state index in [4.69, 9.17) is 18.0 Å². The largest absolute Gasteiger partial charge is 0.389 e. The quantitative estimate of drug-likeness (QED) is 0.683. The van der Waals surface area contributed by atoms with Gasteiger partial charge in [0.05, 0.1) is 5.52 Å². The third kappa shape index (κ3) is 3.04. The maximum atomic E-state index is 5.83. The zero-order chi connectivity index (χ0) is 14.8. The lowest BCUT2D eigenvalue weighted by Crippen LogP contribution is -2.11. The van der Waals surface area contributed by atoms with Crippen LogP contribution in [0.15, 0.2) is 59.1 Å². The first-order valence-corrected chi connectivity index (χ1v) is 7.56. The SMILES string of the molecule is NC(=S)c1cc(Nc2cccc(Br)c2)nc2ccccc12. The van der Waals surface area contributed by atoms with Gasteiger partial charge in [0.2, 0.25) is 0 Å². The van der Waals surface area contributed by atoms with Gasteiger partial charge < -0.3 is 11.1 Å². The molecule has 0 fully saturated rings. The van der Waals surface area contributed by atoms with Crippen LogP contribution >= 0.6 is 28.1 Å². The van der Waals surface area contributed by atoms with Crippen molar-refractivity contribution in [2.75, 3.05) is 5.32 Å². The van der Waals surface area contributed by atoms with E-state index in [0.29, 0.717) is 4.99 Å². The number of nitrogens with two attached hydrogens (primary N) is 1. The van der Waals surface area contributed by atoms with Crippen molar-refractivity contribution in [2.45, 2.75) is 0 Å². The highest BCUT2D eigenvalue weighted by molar-refractivity contribution is 9.10. The lowest BCUT2D eigenvalue weighted by atomic mass is 10.1. The number of fused-ring (bicyclic) bond motifs is 1. The minimum Gasteiger partial charge on any atom is -0.389 e. The third-order valence-corrected chi connectivity index (χ3v) is 3.79. The van der Waals surface area contributed by atoms with Gasteiger partial charge in [0.15, 0.2) is 0 Å². The van der Waals surface area contributed by atoms with Crippen LogP contribution in [0.3, 0.4) is 0 Å². The van der Waals surface area contributed by atoms with Crippen LogP contribution in [0.5, 0.6) is 0 Å². The molecule has 0 bridgehead atoms. The number of anilines is 2. The number of para-hydroxylation sites is 1. The van der Waals surface area contributed by atoms with Crippen molar-refractivity contribution in [1.29, 1.82) is 0 Å². The van der Waals surface area contributed by atoms with Gasteiger partial charge in [0.1, 0.15) is 10.8 Å². The van der Waals surface area contributed by atoms with Crippen molar-refractivity contribution < 1.29 is 0 Å². The van der Waals surface area contributed by atoms with Crippen LogP contribution in [0.1, 0.15) is 5.56 Å². The molecule has 0 aliphatic heterocycles. The van der Waals surface area contributed by atoms with Crippen molar-refractivity contribution in [3.63, 3.8) is 0 Å². The van der Waals surface area contributed by atoms with Gasteiger partial charge in [-0.3, -0.25) is 0 Å². The summed E-state index contributed by atoms with van der Waals surface area (Å²) in [6.07, 6.45) is 0. The summed E-state index contributed by atoms with van der Waals surface area (Å²) in [5.74, 6) is 0.717. The molecule has 3 N–H and O–H groups in total. The van der Waals surface area contributed by atoms with E-state index in [1.54, 1.807) is 0 Å². The Kier molecular flexibility index (Phi) is 3.86. The molecule has 21 heavy (non-hydrogen) atoms. The van der Waals surface area contributed by atoms with Crippen molar-refractivity contribution in [3.05, 3.63) is 64.6 Å². The minimum atomic E-state index is 0.367. The first-order chi connectivity index (χ1) is 10.1. The zero-order valence-electron chi connectivity index (χ0n) is 11.0. The summed E-state index contributed by atoms with van der Waals surface area (Å²) in [6.45, 7) is 0. The smallest absolute Gasteiger partial charge is 0.131 e. The lowest BCUT2D eigenvalue weighted by Gasteiger charge is -2.10. The summed E-state index contributed by atoms with van der Waals surface area (Å²) in [4.78, 5) is 4.97. The monoisotopic (exact) mass is 357 g/mol. The number of hydrogen-bond acceptors (Lipinski definition) is 3. The fraction of sp³-hybridized carbons (Fsp3) is 0. The van der Waals surface area contributed by atoms with Gasteiger partial charge in [-0.25, -0.2) is 4.98 Å². The molecule has 0 aliphatic rings. The molecule has 0 atom stereocenters. The summed E-state index contributed by atoms with van der Waals surface area (Å²) >= 11 is 8.60. The first-order valence-electron chi connectivity index (χ1n) is 6.36. The van der Waals surface area contributed by atoms with Crippen LogP contribution < -0.4 is 11.1 Å². The zero-order valence-corrected chi connectivity index (χ0v) is 13.4. The molecule has 3 aromatic rings. The number of aromatic nitrogens is 1. The Morgan fingerprint density at radius 3 is 2.67 bits per heavy atom. The van der Waals surface area contributed by atoms with Crippen LogP contribution in [-0.2, 0) is 0 Å². The molecule has 3 nitrogen and oxygen atoms in total. The van der Waals surface area contributed by atoms with E-state index in [2.05, 4.69) is 26.2 Å². The molecule has 104 valence electrons. The van der Waals surface area contributed by atoms with Crippen molar-refractivity contribution in [1.82, 2.24) is 4.98 Å². The maximum Gasteiger partial charge on any atom is 0.131 e. The standard InChI is InChI=1S/C16H12BrN3S/c17-10-4-3-5-11(8-10)19-15-9-13(16(18)21)12-6-1-2-7-14(12)20-15/h1-9H,(H2,18,21)(H,19,20). The number of halogens is 1. The van der Waals surface area contributed by atoms with E-state index < -0.39 is 0 Å². The van der Waals surface area contributed by atoms with E-state index in [-0.39, 0.29) is 0 Å². The molecule has 0 amide bonds. The van der Waals surface area contributed by atoms with E-state index >= 15 is 0 Å². The Morgan fingerprint density at radius 2 is 1.90 bits per heavy atom. The van der Waals surface area contributed by atoms with E-state index in [9.17, 15) is 0 Å². The van der Waals surface area contributed by atoms with Gasteiger partial charge in [-0.2, -0.15) is 0 Å². The molecule has 0 saturated carbocycles. The Balaban J connectivity index is 2.09. The van der Waals surface area contributed by atoms with Gasteiger partial charge in [0, 0.05) is 21.1 Å². The molecule has 0 spiro atoms. The number of pyridine rings is 1. The number of nitrogens with zero attached hydrogens (tertiary/aromatic N) is 1. The van der Waals surface area contributed by atoms with Crippen LogP contribution in [0, 0.1) is 0 Å². The molecule has 2 aromatic carbocycles. The van der Waals surface area contributed by atoms with E-state index in [1.807, 2.05) is 54.6 Å². The molecule has 1 heterocycles. The summed E-state index contributed by atoms with van der Waals surface area (Å²) in [5, 5.41) is 4.24. The topological polar surface area (TPSA) is 50.9 Å². The first kappa shape index (κ1) is 14.0. The molecular formula is C16H12BrN3S. The molecule has 0 saturated heterocycles. The van der Waals surface area contributed by atoms with Crippen molar-refractivity contribution in [2.24, 2.45) is 5.73 Å². The van der Waals surface area contributed by atoms with Crippen molar-refractivity contribution in [3.8, 4) is 0 Å². The second-order valence-corrected chi connectivity index (χ2v) is 5.93. The fourth-order valence-corrected chi connectivity index (χ4v) is 2.73. The molecule has 0 radical (unpaired) electrons. The van der Waals surface area contributed by atoms with E-state index in [1.165, 1.54) is 0 Å². The van der Waals surface area contributed by atoms with Gasteiger partial charge >= 0.3 is 0 Å². The highest BCUT2D eigenvalue weighted by Gasteiger charge is 2.08. The van der Waals surface area contributed by atoms with Crippen molar-refractivity contribution >= 4 is 55.5 Å². The Labute approximate surface area is 136 Å². The van der Waals surface area contributed by atoms with Crippen LogP contribution in [0.2, 0.25) is 0 Å². The number of benzene rings is 2. The number of thiocarbonyl (C=S) groups is 1. The number of rotatable bonds is 3. The third-order valence-electron chi connectivity index (χ3n) is 3.08. The van der Waals surface area contributed by atoms with Crippen LogP contribution in [0.4, 0.5) is 11.5 Å². The second-order valence-electron chi connectivity index (χ2n) is 4.57. The summed E-state index contributed by atoms with van der Waals surface area (Å²) < 4.78 is 1.00. The average molecular weight is 358 g/mol. The minimum absolute atomic E-state index is 0.367. The predicted molar refractivity (Wildman–Crippen MR) is 95.1 cm³/mol.